The van der Waals surface area contributed by atoms with E-state index in [2.05, 4.69) is 41.6 Å². The van der Waals surface area contributed by atoms with Crippen molar-refractivity contribution >= 4 is 77.0 Å². The van der Waals surface area contributed by atoms with Gasteiger partial charge in [0.1, 0.15) is 48.3 Å². The number of hydrogen-bond donors (Lipinski definition) is 15. The number of rotatable bonds is 36. The minimum atomic E-state index is -1.73. The number of hydrogen-bond acceptors (Lipinski definition) is 16. The first-order valence-corrected chi connectivity index (χ1v) is 31.0. The summed E-state index contributed by atoms with van der Waals surface area (Å²) < 4.78 is 0. The maximum absolute atomic E-state index is 15.0. The number of aliphatic hydroxyl groups excluding tert-OH is 2. The van der Waals surface area contributed by atoms with Gasteiger partial charge >= 0.3 is 5.97 Å². The fraction of sp³-hybridized carbons (Fsp3) is 0.500. The number of carboxylic acid groups (broad SMARTS) is 1. The fourth-order valence-electron chi connectivity index (χ4n) is 11.0. The van der Waals surface area contributed by atoms with Crippen LogP contribution in [0.4, 0.5) is 0 Å². The van der Waals surface area contributed by atoms with E-state index in [-0.39, 0.29) is 115 Å². The molecule has 1 unspecified atom stereocenters. The average Bonchev–Trinajstić information content (AvgIpc) is 1.57. The third-order valence-corrected chi connectivity index (χ3v) is 16.0. The van der Waals surface area contributed by atoms with Crippen molar-refractivity contribution in [1.29, 1.82) is 0 Å². The van der Waals surface area contributed by atoms with Gasteiger partial charge < -0.3 is 102 Å². The number of aliphatic hydroxyl groups is 2. The van der Waals surface area contributed by atoms with Gasteiger partial charge in [0, 0.05) is 72.5 Å². The second-order valence-corrected chi connectivity index (χ2v) is 23.1. The molecule has 3 aromatic rings. The number of amides is 9. The number of benzene rings is 3. The molecule has 512 valence electrons. The molecule has 94 heavy (non-hydrogen) atoms. The lowest BCUT2D eigenvalue weighted by Gasteiger charge is -2.36. The number of guanidine groups is 3. The van der Waals surface area contributed by atoms with Gasteiger partial charge in [-0.2, -0.15) is 0 Å². The summed E-state index contributed by atoms with van der Waals surface area (Å²) in [5, 5.41) is 44.7. The summed E-state index contributed by atoms with van der Waals surface area (Å²) in [5.74, 6) is -8.97. The normalized spacial score (nSPS) is 17.2. The van der Waals surface area contributed by atoms with Gasteiger partial charge in [0.25, 0.3) is 0 Å². The number of nitrogens with zero attached hydrogens (tertiary/aromatic N) is 7. The van der Waals surface area contributed by atoms with Crippen LogP contribution in [0.3, 0.4) is 0 Å². The maximum Gasteiger partial charge on any atom is 0.326 e. The number of carbonyl (C=O) groups excluding carboxylic acids is 9. The topological polar surface area (TPSA) is 524 Å². The standard InChI is InChI=1S/C62H91N19O13/c1-78(47(31-38-18-8-4-9-19-38)54(88)76-43(59(93)94)24-14-28-72-62(68)69)57(91)49(32-39-20-10-5-11-21-39)79(2)55(89)45(36-82)77-52(86)44(30-37-16-6-3-7-17-37)74-50(84)34-73-53(87)48-33-40(83)35-81(48)58(92)46-25-15-29-80(46)56(90)42(23-13-27-71-61(66)67)75-51(85)41(63)22-12-26-70-60(64)65/h3-11,16-21,40-49,82-83H,12-15,22-36,63H2,1-2H3,(H,73,87)(H,74,84)(H,75,85)(H,76,88)(H,77,86)(H,93,94)(H4,64,65,70)(H4,66,67,71)(H4,68,69,72)/t40?,41-,42+,43+,44+,45+,46+,47+,48+,49-/m1/s1. The van der Waals surface area contributed by atoms with Crippen molar-refractivity contribution < 1.29 is 63.3 Å². The molecule has 32 nitrogen and oxygen atoms in total. The van der Waals surface area contributed by atoms with Crippen LogP contribution in [-0.2, 0) is 67.2 Å². The molecule has 32 heteroatoms. The smallest absolute Gasteiger partial charge is 0.326 e. The number of nitrogens with one attached hydrogen (secondary N) is 5. The van der Waals surface area contributed by atoms with Crippen molar-refractivity contribution in [3.63, 3.8) is 0 Å². The summed E-state index contributed by atoms with van der Waals surface area (Å²) in [6, 6.07) is 13.7. The second kappa shape index (κ2) is 37.5. The van der Waals surface area contributed by atoms with Crippen LogP contribution in [-0.4, -0.2) is 232 Å². The van der Waals surface area contributed by atoms with E-state index in [1.165, 1.54) is 19.0 Å². The Kier molecular flexibility index (Phi) is 29.9. The van der Waals surface area contributed by atoms with Crippen LogP contribution in [0.25, 0.3) is 0 Å². The summed E-state index contributed by atoms with van der Waals surface area (Å²) in [4.78, 5) is 157. The van der Waals surface area contributed by atoms with E-state index in [9.17, 15) is 58.5 Å². The van der Waals surface area contributed by atoms with Crippen LogP contribution in [0, 0.1) is 0 Å². The van der Waals surface area contributed by atoms with Gasteiger partial charge in [-0.3, -0.25) is 58.1 Å². The monoisotopic (exact) mass is 1310 g/mol. The molecule has 10 atom stereocenters. The first-order valence-electron chi connectivity index (χ1n) is 31.0. The maximum atomic E-state index is 15.0. The molecule has 2 fully saturated rings. The Balaban J connectivity index is 1.31. The largest absolute Gasteiger partial charge is 0.480 e. The summed E-state index contributed by atoms with van der Waals surface area (Å²) in [5.41, 5.74) is 40.6. The van der Waals surface area contributed by atoms with Crippen molar-refractivity contribution in [3.8, 4) is 0 Å². The highest BCUT2D eigenvalue weighted by atomic mass is 16.4. The summed E-state index contributed by atoms with van der Waals surface area (Å²) in [6.07, 6.45) is -0.247. The zero-order valence-corrected chi connectivity index (χ0v) is 53.0. The lowest BCUT2D eigenvalue weighted by atomic mass is 9.99. The van der Waals surface area contributed by atoms with Crippen LogP contribution in [0.15, 0.2) is 106 Å². The molecule has 0 bridgehead atoms. The van der Waals surface area contributed by atoms with Crippen molar-refractivity contribution in [2.24, 2.45) is 55.1 Å². The highest BCUT2D eigenvalue weighted by molar-refractivity contribution is 5.98. The molecule has 5 rings (SSSR count). The number of aliphatic carboxylic acids is 1. The van der Waals surface area contributed by atoms with Crippen molar-refractivity contribution in [3.05, 3.63) is 108 Å². The van der Waals surface area contributed by atoms with Crippen LogP contribution < -0.4 is 66.7 Å². The van der Waals surface area contributed by atoms with Crippen molar-refractivity contribution in [1.82, 2.24) is 46.2 Å². The molecule has 22 N–H and O–H groups in total. The molecule has 2 saturated heterocycles. The van der Waals surface area contributed by atoms with Crippen LogP contribution >= 0.6 is 0 Å². The second-order valence-electron chi connectivity index (χ2n) is 23.1. The van der Waals surface area contributed by atoms with E-state index in [0.717, 1.165) is 14.7 Å². The molecule has 2 aliphatic rings. The summed E-state index contributed by atoms with van der Waals surface area (Å²) in [7, 11) is 2.63. The number of likely N-dealkylation sites (N-methyl/N-ethyl adjacent to an activating group) is 2. The van der Waals surface area contributed by atoms with Gasteiger partial charge in [-0.25, -0.2) is 4.79 Å². The third kappa shape index (κ3) is 23.3. The molecular formula is C62H91N19O13. The Hall–Kier alpha value is -9.95. The van der Waals surface area contributed by atoms with E-state index in [0.29, 0.717) is 29.5 Å². The van der Waals surface area contributed by atoms with Crippen LogP contribution in [0.2, 0.25) is 0 Å². The number of aliphatic imine (C=N–C) groups is 3. The lowest BCUT2D eigenvalue weighted by Crippen LogP contribution is -2.61. The van der Waals surface area contributed by atoms with Gasteiger partial charge in [-0.1, -0.05) is 91.0 Å². The highest BCUT2D eigenvalue weighted by Gasteiger charge is 2.46. The Morgan fingerprint density at radius 3 is 1.57 bits per heavy atom. The van der Waals surface area contributed by atoms with E-state index in [1.807, 2.05) is 0 Å². The van der Waals surface area contributed by atoms with Crippen molar-refractivity contribution in [2.45, 2.75) is 138 Å². The van der Waals surface area contributed by atoms with E-state index in [4.69, 9.17) is 40.1 Å². The Morgan fingerprint density at radius 2 is 1.05 bits per heavy atom. The zero-order chi connectivity index (χ0) is 69.0. The Morgan fingerprint density at radius 1 is 0.574 bits per heavy atom. The Bertz CT molecular complexity index is 3130. The number of carbonyl (C=O) groups is 10. The molecule has 3 aromatic carbocycles. The highest BCUT2D eigenvalue weighted by Crippen LogP contribution is 2.27. The molecule has 0 radical (unpaired) electrons. The minimum absolute atomic E-state index is 0.0598. The predicted molar refractivity (Wildman–Crippen MR) is 348 cm³/mol. The first kappa shape index (κ1) is 74.8. The fourth-order valence-corrected chi connectivity index (χ4v) is 11.0. The van der Waals surface area contributed by atoms with Gasteiger partial charge in [0.15, 0.2) is 17.9 Å². The van der Waals surface area contributed by atoms with Gasteiger partial charge in [0.2, 0.25) is 53.2 Å². The summed E-state index contributed by atoms with van der Waals surface area (Å²) >= 11 is 0. The SMILES string of the molecule is CN(C(=O)[C@H](CO)NC(=O)[C@H](Cc1ccccc1)NC(=O)CNC(=O)[C@@H]1CC(O)CN1C(=O)[C@@H]1CCCN1C(=O)[C@H](CCCN=C(N)N)NC(=O)[C@H](N)CCCN=C(N)N)[C@H](Cc1ccccc1)C(=O)N(C)[C@@H](Cc1ccccc1)C(=O)N[C@@H](CCCN=C(N)N)C(=O)O. The Labute approximate surface area is 544 Å². The lowest BCUT2D eigenvalue weighted by molar-refractivity contribution is -0.150. The van der Waals surface area contributed by atoms with Gasteiger partial charge in [-0.15, -0.1) is 0 Å². The molecule has 0 saturated carbocycles. The molecule has 9 amide bonds. The van der Waals surface area contributed by atoms with Crippen LogP contribution in [0.1, 0.15) is 74.5 Å². The van der Waals surface area contributed by atoms with Gasteiger partial charge in [-0.05, 0) is 68.1 Å². The quantitative estimate of drug-likeness (QED) is 0.0147. The first-order chi connectivity index (χ1) is 44.8. The third-order valence-electron chi connectivity index (χ3n) is 16.0. The number of β-amino-alcohol motifs (C(OH)–C–C–N with tert-alkyl or cyclic N) is 1. The van der Waals surface area contributed by atoms with E-state index >= 15 is 4.79 Å². The molecule has 0 spiro atoms. The molecule has 0 aliphatic carbocycles. The molecule has 2 heterocycles. The van der Waals surface area contributed by atoms with Crippen LogP contribution in [0.5, 0.6) is 0 Å². The molecular weight excluding hydrogens is 1220 g/mol. The van der Waals surface area contributed by atoms with Gasteiger partial charge in [0.05, 0.1) is 25.3 Å². The van der Waals surface area contributed by atoms with E-state index in [1.54, 1.807) is 91.0 Å². The molecule has 2 aliphatic heterocycles. The molecule has 0 aromatic heterocycles. The van der Waals surface area contributed by atoms with Crippen molar-refractivity contribution in [2.75, 3.05) is 60.0 Å². The summed E-state index contributed by atoms with van der Waals surface area (Å²) in [6.45, 7) is -1.50. The number of carboxylic acids is 1. The van der Waals surface area contributed by atoms with E-state index < -0.39 is 133 Å². The number of nitrogens with two attached hydrogens (primary N) is 7. The minimum Gasteiger partial charge on any atom is -0.480 e. The average molecular weight is 1310 g/mol. The zero-order valence-electron chi connectivity index (χ0n) is 53.0. The number of likely N-dealkylation sites (tertiary alicyclic amines) is 2. The predicted octanol–water partition coefficient (Wildman–Crippen LogP) is -5.06.